The molecule has 16 heavy (non-hydrogen) atoms. The molecule has 0 aromatic carbocycles. The molecule has 0 saturated carbocycles. The molecule has 0 aromatic heterocycles. The predicted molar refractivity (Wildman–Crippen MR) is 57.1 cm³/mol. The maximum absolute atomic E-state index is 11.6. The first-order valence-corrected chi connectivity index (χ1v) is 6.99. The van der Waals surface area contributed by atoms with Crippen molar-refractivity contribution in [2.24, 2.45) is 5.14 Å². The lowest BCUT2D eigenvalue weighted by Crippen LogP contribution is -2.36. The number of likely N-dealkylation sites (tertiary alicyclic amines) is 1. The standard InChI is InChI=1S/C9H16N2O4S/c10-16(13,14)8-4-9(12)11(6-8)5-7-2-1-3-15-7/h7-8H,1-6H2,(H2,10,13,14). The largest absolute Gasteiger partial charge is 0.376 e. The second-order valence-electron chi connectivity index (χ2n) is 4.35. The summed E-state index contributed by atoms with van der Waals surface area (Å²) in [6.45, 7) is 1.42. The van der Waals surface area contributed by atoms with Crippen molar-refractivity contribution in [3.63, 3.8) is 0 Å². The summed E-state index contributed by atoms with van der Waals surface area (Å²) in [5.74, 6) is -0.144. The molecule has 2 rings (SSSR count). The van der Waals surface area contributed by atoms with Crippen molar-refractivity contribution in [3.8, 4) is 0 Å². The van der Waals surface area contributed by atoms with Crippen molar-refractivity contribution >= 4 is 15.9 Å². The summed E-state index contributed by atoms with van der Waals surface area (Å²) < 4.78 is 27.7. The second kappa shape index (κ2) is 4.31. The molecule has 2 heterocycles. The van der Waals surface area contributed by atoms with Gasteiger partial charge in [-0.15, -0.1) is 0 Å². The maximum atomic E-state index is 11.6. The average molecular weight is 248 g/mol. The highest BCUT2D eigenvalue weighted by molar-refractivity contribution is 7.89. The van der Waals surface area contributed by atoms with Gasteiger partial charge in [-0.05, 0) is 12.8 Å². The lowest BCUT2D eigenvalue weighted by atomic mass is 10.2. The molecule has 0 aliphatic carbocycles. The molecule has 0 spiro atoms. The van der Waals surface area contributed by atoms with E-state index in [1.807, 2.05) is 0 Å². The van der Waals surface area contributed by atoms with Crippen molar-refractivity contribution in [1.29, 1.82) is 0 Å². The van der Waals surface area contributed by atoms with Gasteiger partial charge in [0.1, 0.15) is 5.25 Å². The van der Waals surface area contributed by atoms with Gasteiger partial charge < -0.3 is 9.64 Å². The highest BCUT2D eigenvalue weighted by atomic mass is 32.2. The smallest absolute Gasteiger partial charge is 0.224 e. The lowest BCUT2D eigenvalue weighted by Gasteiger charge is -2.20. The summed E-state index contributed by atoms with van der Waals surface area (Å²) in [7, 11) is -3.61. The zero-order valence-electron chi connectivity index (χ0n) is 8.96. The highest BCUT2D eigenvalue weighted by Crippen LogP contribution is 2.20. The number of carbonyl (C=O) groups excluding carboxylic acids is 1. The van der Waals surface area contributed by atoms with Gasteiger partial charge in [0.15, 0.2) is 0 Å². The Morgan fingerprint density at radius 2 is 2.25 bits per heavy atom. The molecule has 2 N–H and O–H groups in total. The van der Waals surface area contributed by atoms with Crippen LogP contribution in [0.5, 0.6) is 0 Å². The first-order valence-electron chi connectivity index (χ1n) is 5.38. The fourth-order valence-electron chi connectivity index (χ4n) is 2.17. The summed E-state index contributed by atoms with van der Waals surface area (Å²) in [6.07, 6.45) is 2.00. The third kappa shape index (κ3) is 2.53. The van der Waals surface area contributed by atoms with E-state index in [2.05, 4.69) is 0 Å². The van der Waals surface area contributed by atoms with E-state index < -0.39 is 15.3 Å². The number of nitrogens with zero attached hydrogens (tertiary/aromatic N) is 1. The summed E-state index contributed by atoms with van der Waals surface area (Å²) in [5, 5.41) is 4.29. The highest BCUT2D eigenvalue weighted by Gasteiger charge is 2.37. The molecule has 2 unspecified atom stereocenters. The predicted octanol–water partition coefficient (Wildman–Crippen LogP) is -0.945. The lowest BCUT2D eigenvalue weighted by molar-refractivity contribution is -0.129. The number of sulfonamides is 1. The average Bonchev–Trinajstić information content (AvgIpc) is 2.76. The van der Waals surface area contributed by atoms with Crippen LogP contribution in [0, 0.1) is 0 Å². The van der Waals surface area contributed by atoms with E-state index in [1.165, 1.54) is 0 Å². The van der Waals surface area contributed by atoms with Gasteiger partial charge in [-0.3, -0.25) is 4.79 Å². The summed E-state index contributed by atoms with van der Waals surface area (Å²) in [6, 6.07) is 0. The zero-order chi connectivity index (χ0) is 11.8. The summed E-state index contributed by atoms with van der Waals surface area (Å²) in [5.41, 5.74) is 0. The molecule has 2 fully saturated rings. The number of rotatable bonds is 3. The summed E-state index contributed by atoms with van der Waals surface area (Å²) in [4.78, 5) is 13.1. The number of hydrogen-bond donors (Lipinski definition) is 1. The van der Waals surface area contributed by atoms with Crippen molar-refractivity contribution in [1.82, 2.24) is 4.90 Å². The molecule has 2 atom stereocenters. The van der Waals surface area contributed by atoms with Gasteiger partial charge in [0, 0.05) is 26.1 Å². The van der Waals surface area contributed by atoms with Gasteiger partial charge >= 0.3 is 0 Å². The van der Waals surface area contributed by atoms with Gasteiger partial charge in [0.05, 0.1) is 6.10 Å². The minimum Gasteiger partial charge on any atom is -0.376 e. The molecular formula is C9H16N2O4S. The Kier molecular flexibility index (Phi) is 3.18. The van der Waals surface area contributed by atoms with Crippen molar-refractivity contribution in [3.05, 3.63) is 0 Å². The van der Waals surface area contributed by atoms with E-state index >= 15 is 0 Å². The van der Waals surface area contributed by atoms with Crippen LogP contribution in [0.4, 0.5) is 0 Å². The van der Waals surface area contributed by atoms with Crippen LogP contribution in [-0.4, -0.2) is 50.3 Å². The van der Waals surface area contributed by atoms with Crippen LogP contribution in [-0.2, 0) is 19.6 Å². The fraction of sp³-hybridized carbons (Fsp3) is 0.889. The Bertz CT molecular complexity index is 375. The first kappa shape index (κ1) is 11.8. The molecule has 7 heteroatoms. The van der Waals surface area contributed by atoms with E-state index in [4.69, 9.17) is 9.88 Å². The van der Waals surface area contributed by atoms with Crippen molar-refractivity contribution < 1.29 is 17.9 Å². The molecule has 2 aliphatic heterocycles. The third-order valence-corrected chi connectivity index (χ3v) is 4.34. The molecule has 2 saturated heterocycles. The Morgan fingerprint density at radius 1 is 1.50 bits per heavy atom. The second-order valence-corrected chi connectivity index (χ2v) is 6.19. The Morgan fingerprint density at radius 3 is 2.75 bits per heavy atom. The van der Waals surface area contributed by atoms with Crippen molar-refractivity contribution in [2.45, 2.75) is 30.6 Å². The molecular weight excluding hydrogens is 232 g/mol. The molecule has 0 bridgehead atoms. The van der Waals surface area contributed by atoms with Crippen LogP contribution in [0.3, 0.4) is 0 Å². The van der Waals surface area contributed by atoms with Crippen LogP contribution < -0.4 is 5.14 Å². The minimum absolute atomic E-state index is 0.00551. The quantitative estimate of drug-likeness (QED) is 0.697. The van der Waals surface area contributed by atoms with E-state index in [-0.39, 0.29) is 25.0 Å². The number of hydrogen-bond acceptors (Lipinski definition) is 4. The van der Waals surface area contributed by atoms with Gasteiger partial charge in [0.25, 0.3) is 0 Å². The van der Waals surface area contributed by atoms with Crippen LogP contribution in [0.25, 0.3) is 0 Å². The molecule has 1 amide bonds. The Labute approximate surface area is 94.8 Å². The zero-order valence-corrected chi connectivity index (χ0v) is 9.78. The molecule has 2 aliphatic rings. The van der Waals surface area contributed by atoms with Crippen LogP contribution in [0.1, 0.15) is 19.3 Å². The number of ether oxygens (including phenoxy) is 1. The van der Waals surface area contributed by atoms with E-state index in [0.717, 1.165) is 19.4 Å². The Hall–Kier alpha value is -0.660. The fourth-order valence-corrected chi connectivity index (χ4v) is 2.93. The number of amides is 1. The van der Waals surface area contributed by atoms with Gasteiger partial charge in [-0.2, -0.15) is 0 Å². The van der Waals surface area contributed by atoms with E-state index in [1.54, 1.807) is 4.90 Å². The topological polar surface area (TPSA) is 89.7 Å². The molecule has 92 valence electrons. The number of carbonyl (C=O) groups is 1. The van der Waals surface area contributed by atoms with E-state index in [9.17, 15) is 13.2 Å². The normalized spacial score (nSPS) is 31.3. The maximum Gasteiger partial charge on any atom is 0.224 e. The number of nitrogens with two attached hydrogens (primary N) is 1. The molecule has 6 nitrogen and oxygen atoms in total. The van der Waals surface area contributed by atoms with Crippen LogP contribution >= 0.6 is 0 Å². The minimum atomic E-state index is -3.61. The molecule has 0 radical (unpaired) electrons. The Balaban J connectivity index is 1.94. The third-order valence-electron chi connectivity index (χ3n) is 3.09. The van der Waals surface area contributed by atoms with Gasteiger partial charge in [-0.1, -0.05) is 0 Å². The van der Waals surface area contributed by atoms with E-state index in [0.29, 0.717) is 6.54 Å². The van der Waals surface area contributed by atoms with Gasteiger partial charge in [-0.25, -0.2) is 13.6 Å². The number of primary sulfonamides is 1. The molecule has 0 aromatic rings. The first-order chi connectivity index (χ1) is 7.47. The van der Waals surface area contributed by atoms with Crippen LogP contribution in [0.2, 0.25) is 0 Å². The van der Waals surface area contributed by atoms with Gasteiger partial charge in [0.2, 0.25) is 15.9 Å². The SMILES string of the molecule is NS(=O)(=O)C1CC(=O)N(CC2CCCO2)C1. The monoisotopic (exact) mass is 248 g/mol. The van der Waals surface area contributed by atoms with Crippen molar-refractivity contribution in [2.75, 3.05) is 19.7 Å². The summed E-state index contributed by atoms with van der Waals surface area (Å²) >= 11 is 0. The van der Waals surface area contributed by atoms with Crippen LogP contribution in [0.15, 0.2) is 0 Å².